The number of methoxy groups -OCH3 is 1. The van der Waals surface area contributed by atoms with Gasteiger partial charge in [0.05, 0.1) is 0 Å². The number of hydrogen-bond donors (Lipinski definition) is 2. The quantitative estimate of drug-likeness (QED) is 0.751. The Hall–Kier alpha value is -1.69. The fraction of sp³-hybridized carbons (Fsp3) is 0.500. The largest absolute Gasteiger partial charge is 0.476 e. The Bertz CT molecular complexity index is 357. The number of carboxylic acids is 1. The molecule has 0 bridgehead atoms. The number of aromatic carboxylic acids is 1. The molecule has 0 radical (unpaired) electrons. The Kier molecular flexibility index (Phi) is 4.65. The zero-order valence-corrected chi connectivity index (χ0v) is 9.30. The number of nitrogens with zero attached hydrogens (tertiary/aromatic N) is 2. The molecule has 16 heavy (non-hydrogen) atoms. The van der Waals surface area contributed by atoms with E-state index in [9.17, 15) is 4.79 Å². The summed E-state index contributed by atoms with van der Waals surface area (Å²) in [4.78, 5) is 18.6. The number of ether oxygens (including phenoxy) is 1. The van der Waals surface area contributed by atoms with E-state index >= 15 is 0 Å². The van der Waals surface area contributed by atoms with E-state index in [1.165, 1.54) is 12.4 Å². The van der Waals surface area contributed by atoms with Crippen LogP contribution in [0.25, 0.3) is 0 Å². The van der Waals surface area contributed by atoms with Gasteiger partial charge in [-0.1, -0.05) is 0 Å². The van der Waals surface area contributed by atoms with Gasteiger partial charge in [-0.3, -0.25) is 0 Å². The fourth-order valence-corrected chi connectivity index (χ4v) is 1.20. The number of hydrogen-bond acceptors (Lipinski definition) is 5. The second-order valence-electron chi connectivity index (χ2n) is 3.39. The van der Waals surface area contributed by atoms with E-state index < -0.39 is 5.97 Å². The third-order valence-corrected chi connectivity index (χ3v) is 2.04. The van der Waals surface area contributed by atoms with Crippen molar-refractivity contribution in [1.29, 1.82) is 0 Å². The maximum atomic E-state index is 10.9. The van der Waals surface area contributed by atoms with Crippen molar-refractivity contribution >= 4 is 11.8 Å². The van der Waals surface area contributed by atoms with Crippen LogP contribution in [0.5, 0.6) is 0 Å². The molecule has 88 valence electrons. The van der Waals surface area contributed by atoms with E-state index in [1.54, 1.807) is 7.11 Å². The zero-order valence-electron chi connectivity index (χ0n) is 9.30. The minimum Gasteiger partial charge on any atom is -0.476 e. The number of anilines is 1. The van der Waals surface area contributed by atoms with E-state index in [1.807, 2.05) is 6.92 Å². The first-order valence-corrected chi connectivity index (χ1v) is 4.95. The molecule has 0 fully saturated rings. The van der Waals surface area contributed by atoms with Crippen molar-refractivity contribution in [3.63, 3.8) is 0 Å². The van der Waals surface area contributed by atoms with Crippen LogP contribution in [-0.4, -0.2) is 40.8 Å². The van der Waals surface area contributed by atoms with Gasteiger partial charge in [0.2, 0.25) is 0 Å². The number of rotatable bonds is 6. The minimum atomic E-state index is -1.09. The van der Waals surface area contributed by atoms with Crippen LogP contribution < -0.4 is 5.32 Å². The highest BCUT2D eigenvalue weighted by atomic mass is 16.5. The van der Waals surface area contributed by atoms with Crippen molar-refractivity contribution in [2.24, 2.45) is 0 Å². The monoisotopic (exact) mass is 225 g/mol. The predicted octanol–water partition coefficient (Wildman–Crippen LogP) is 1.01. The lowest BCUT2D eigenvalue weighted by atomic mass is 10.2. The summed E-state index contributed by atoms with van der Waals surface area (Å²) in [6, 6.07) is 0.0785. The van der Waals surface area contributed by atoms with Gasteiger partial charge in [0.1, 0.15) is 0 Å². The third-order valence-electron chi connectivity index (χ3n) is 2.04. The SMILES string of the molecule is COCCC(C)Nc1nccnc1C(=O)O. The number of nitrogens with one attached hydrogen (secondary N) is 1. The third kappa shape index (κ3) is 3.47. The molecular weight excluding hydrogens is 210 g/mol. The van der Waals surface area contributed by atoms with Crippen LogP contribution in [0.3, 0.4) is 0 Å². The summed E-state index contributed by atoms with van der Waals surface area (Å²) in [7, 11) is 1.62. The molecule has 0 aromatic carbocycles. The molecule has 1 heterocycles. The van der Waals surface area contributed by atoms with Crippen molar-refractivity contribution < 1.29 is 14.6 Å². The summed E-state index contributed by atoms with van der Waals surface area (Å²) >= 11 is 0. The molecule has 1 unspecified atom stereocenters. The summed E-state index contributed by atoms with van der Waals surface area (Å²) in [5, 5.41) is 11.9. The molecular formula is C10H15N3O3. The smallest absolute Gasteiger partial charge is 0.358 e. The van der Waals surface area contributed by atoms with Crippen LogP contribution >= 0.6 is 0 Å². The summed E-state index contributed by atoms with van der Waals surface area (Å²) in [5.41, 5.74) is -0.0632. The van der Waals surface area contributed by atoms with Crippen LogP contribution in [0.15, 0.2) is 12.4 Å². The molecule has 0 saturated heterocycles. The van der Waals surface area contributed by atoms with E-state index in [-0.39, 0.29) is 11.7 Å². The summed E-state index contributed by atoms with van der Waals surface area (Å²) < 4.78 is 4.94. The van der Waals surface area contributed by atoms with Crippen molar-refractivity contribution in [1.82, 2.24) is 9.97 Å². The summed E-state index contributed by atoms with van der Waals surface area (Å²) in [6.07, 6.45) is 3.58. The van der Waals surface area contributed by atoms with Crippen LogP contribution in [-0.2, 0) is 4.74 Å². The maximum absolute atomic E-state index is 10.9. The molecule has 1 rings (SSSR count). The molecule has 1 aromatic heterocycles. The average Bonchev–Trinajstić information content (AvgIpc) is 2.27. The summed E-state index contributed by atoms with van der Waals surface area (Å²) in [6.45, 7) is 2.54. The molecule has 0 spiro atoms. The van der Waals surface area contributed by atoms with Crippen LogP contribution in [0, 0.1) is 0 Å². The van der Waals surface area contributed by atoms with Gasteiger partial charge in [-0.2, -0.15) is 0 Å². The standard InChI is InChI=1S/C10H15N3O3/c1-7(3-6-16-2)13-9-8(10(14)15)11-4-5-12-9/h4-5,7H,3,6H2,1-2H3,(H,12,13)(H,14,15). The average molecular weight is 225 g/mol. The van der Waals surface area contributed by atoms with Gasteiger partial charge in [0.15, 0.2) is 11.5 Å². The Labute approximate surface area is 93.7 Å². The van der Waals surface area contributed by atoms with E-state index in [0.717, 1.165) is 6.42 Å². The zero-order chi connectivity index (χ0) is 12.0. The molecule has 2 N–H and O–H groups in total. The van der Waals surface area contributed by atoms with Gasteiger partial charge >= 0.3 is 5.97 Å². The van der Waals surface area contributed by atoms with Crippen molar-refractivity contribution in [3.8, 4) is 0 Å². The first-order valence-electron chi connectivity index (χ1n) is 4.95. The van der Waals surface area contributed by atoms with Gasteiger partial charge < -0.3 is 15.2 Å². The molecule has 0 aliphatic rings. The minimum absolute atomic E-state index is 0.0632. The van der Waals surface area contributed by atoms with E-state index in [0.29, 0.717) is 12.4 Å². The molecule has 1 atom stereocenters. The summed E-state index contributed by atoms with van der Waals surface area (Å²) in [5.74, 6) is -0.798. The fourth-order valence-electron chi connectivity index (χ4n) is 1.20. The molecule has 6 heteroatoms. The topological polar surface area (TPSA) is 84.3 Å². The van der Waals surface area contributed by atoms with Crippen molar-refractivity contribution in [2.45, 2.75) is 19.4 Å². The normalized spacial score (nSPS) is 12.1. The number of carboxylic acid groups (broad SMARTS) is 1. The Balaban J connectivity index is 2.69. The first-order chi connectivity index (χ1) is 7.65. The Morgan fingerprint density at radius 1 is 1.56 bits per heavy atom. The molecule has 0 saturated carbocycles. The molecule has 0 aliphatic heterocycles. The Morgan fingerprint density at radius 3 is 2.88 bits per heavy atom. The lowest BCUT2D eigenvalue weighted by molar-refractivity contribution is 0.0691. The second kappa shape index (κ2) is 6.02. The van der Waals surface area contributed by atoms with Gasteiger partial charge in [-0.15, -0.1) is 0 Å². The van der Waals surface area contributed by atoms with Crippen LogP contribution in [0.2, 0.25) is 0 Å². The van der Waals surface area contributed by atoms with Crippen LogP contribution in [0.4, 0.5) is 5.82 Å². The highest BCUT2D eigenvalue weighted by Gasteiger charge is 2.14. The molecule has 0 aliphatic carbocycles. The lowest BCUT2D eigenvalue weighted by Crippen LogP contribution is -2.20. The van der Waals surface area contributed by atoms with Crippen molar-refractivity contribution in [2.75, 3.05) is 19.0 Å². The highest BCUT2D eigenvalue weighted by Crippen LogP contribution is 2.10. The second-order valence-corrected chi connectivity index (χ2v) is 3.39. The molecule has 0 amide bonds. The van der Waals surface area contributed by atoms with E-state index in [4.69, 9.17) is 9.84 Å². The number of carbonyl (C=O) groups is 1. The highest BCUT2D eigenvalue weighted by molar-refractivity contribution is 5.90. The number of aromatic nitrogens is 2. The van der Waals surface area contributed by atoms with Gasteiger partial charge in [-0.05, 0) is 13.3 Å². The van der Waals surface area contributed by atoms with Crippen molar-refractivity contribution in [3.05, 3.63) is 18.1 Å². The molecule has 1 aromatic rings. The van der Waals surface area contributed by atoms with Gasteiger partial charge in [0.25, 0.3) is 0 Å². The van der Waals surface area contributed by atoms with Crippen LogP contribution in [0.1, 0.15) is 23.8 Å². The predicted molar refractivity (Wildman–Crippen MR) is 58.6 cm³/mol. The van der Waals surface area contributed by atoms with Gasteiger partial charge in [0, 0.05) is 32.2 Å². The Morgan fingerprint density at radius 2 is 2.25 bits per heavy atom. The lowest BCUT2D eigenvalue weighted by Gasteiger charge is -2.14. The molecule has 6 nitrogen and oxygen atoms in total. The van der Waals surface area contributed by atoms with Gasteiger partial charge in [-0.25, -0.2) is 14.8 Å². The maximum Gasteiger partial charge on any atom is 0.358 e. The van der Waals surface area contributed by atoms with E-state index in [2.05, 4.69) is 15.3 Å². The first kappa shape index (κ1) is 12.4.